The van der Waals surface area contributed by atoms with Crippen LogP contribution >= 0.6 is 0 Å². The van der Waals surface area contributed by atoms with Crippen LogP contribution in [0.5, 0.6) is 0 Å². The normalized spacial score (nSPS) is 36.7. The van der Waals surface area contributed by atoms with Crippen LogP contribution in [0, 0.1) is 34.5 Å². The first-order valence-corrected chi connectivity index (χ1v) is 13.3. The van der Waals surface area contributed by atoms with Gasteiger partial charge < -0.3 is 15.5 Å². The maximum atomic E-state index is 13.1. The molecule has 4 aliphatic rings. The Morgan fingerprint density at radius 2 is 1.81 bits per heavy atom. The average Bonchev–Trinajstić information content (AvgIpc) is 3.15. The van der Waals surface area contributed by atoms with E-state index in [4.69, 9.17) is 0 Å². The largest absolute Gasteiger partial charge is 0.349 e. The molecule has 3 fully saturated rings. The van der Waals surface area contributed by atoms with Crippen LogP contribution < -0.4 is 16.0 Å². The number of hydrogen-bond donors (Lipinski definition) is 3. The van der Waals surface area contributed by atoms with Crippen LogP contribution in [-0.4, -0.2) is 47.9 Å². The molecule has 8 heteroatoms. The molecule has 3 aliphatic carbocycles. The van der Waals surface area contributed by atoms with Crippen molar-refractivity contribution in [2.24, 2.45) is 34.5 Å². The summed E-state index contributed by atoms with van der Waals surface area (Å²) in [6.45, 7) is 4.76. The summed E-state index contributed by atoms with van der Waals surface area (Å²) in [6, 6.07) is 5.22. The van der Waals surface area contributed by atoms with Crippen molar-refractivity contribution in [3.05, 3.63) is 30.4 Å². The van der Waals surface area contributed by atoms with Gasteiger partial charge in [-0.25, -0.2) is 9.78 Å². The number of anilines is 2. The predicted octanol–water partition coefficient (Wildman–Crippen LogP) is 4.42. The first kappa shape index (κ1) is 24.8. The lowest BCUT2D eigenvalue weighted by Gasteiger charge is -2.59. The summed E-state index contributed by atoms with van der Waals surface area (Å²) >= 11 is 0. The van der Waals surface area contributed by atoms with Crippen LogP contribution in [0.1, 0.15) is 58.8 Å². The molecule has 0 unspecified atom stereocenters. The fourth-order valence-electron chi connectivity index (χ4n) is 7.99. The third-order valence-corrected chi connectivity index (χ3v) is 9.97. The Bertz CT molecular complexity index is 1090. The van der Waals surface area contributed by atoms with Crippen molar-refractivity contribution >= 4 is 29.5 Å². The van der Waals surface area contributed by atoms with E-state index in [1.54, 1.807) is 38.4 Å². The van der Waals surface area contributed by atoms with E-state index in [9.17, 15) is 14.4 Å². The van der Waals surface area contributed by atoms with Crippen molar-refractivity contribution in [2.45, 2.75) is 64.8 Å². The molecule has 3 N–H and O–H groups in total. The fourth-order valence-corrected chi connectivity index (χ4v) is 7.99. The number of rotatable bonds is 4. The number of fused-ring (bicyclic) bond motifs is 5. The summed E-state index contributed by atoms with van der Waals surface area (Å²) in [5.74, 6) is 3.11. The minimum absolute atomic E-state index is 0.0128. The number of urea groups is 1. The smallest absolute Gasteiger partial charge is 0.322 e. The first-order chi connectivity index (χ1) is 17.1. The minimum atomic E-state index is -0.263. The number of nitrogens with zero attached hydrogens (tertiary/aromatic N) is 2. The molecule has 36 heavy (non-hydrogen) atoms. The fraction of sp³-hybridized carbons (Fsp3) is 0.643. The Hall–Kier alpha value is -2.90. The molecule has 0 bridgehead atoms. The maximum absolute atomic E-state index is 13.1. The molecule has 3 saturated carbocycles. The van der Waals surface area contributed by atoms with E-state index >= 15 is 0 Å². The summed E-state index contributed by atoms with van der Waals surface area (Å²) in [4.78, 5) is 42.8. The summed E-state index contributed by atoms with van der Waals surface area (Å²) in [5.41, 5.74) is 0.199. The summed E-state index contributed by atoms with van der Waals surface area (Å²) in [6.07, 6.45) is 11.2. The monoisotopic (exact) mass is 493 g/mol. The molecular formula is C28H39N5O3. The third kappa shape index (κ3) is 4.28. The van der Waals surface area contributed by atoms with E-state index in [2.05, 4.69) is 40.9 Å². The third-order valence-electron chi connectivity index (χ3n) is 9.97. The van der Waals surface area contributed by atoms with Crippen LogP contribution in [-0.2, 0) is 9.59 Å². The minimum Gasteiger partial charge on any atom is -0.349 e. The molecule has 0 spiro atoms. The quantitative estimate of drug-likeness (QED) is 0.578. The molecule has 5 rings (SSSR count). The predicted molar refractivity (Wildman–Crippen MR) is 139 cm³/mol. The van der Waals surface area contributed by atoms with E-state index in [1.807, 2.05) is 0 Å². The second-order valence-corrected chi connectivity index (χ2v) is 12.0. The van der Waals surface area contributed by atoms with Crippen molar-refractivity contribution in [1.29, 1.82) is 0 Å². The summed E-state index contributed by atoms with van der Waals surface area (Å²) in [5, 5.41) is 8.91. The second kappa shape index (κ2) is 9.20. The number of hydrogen-bond acceptors (Lipinski definition) is 4. The van der Waals surface area contributed by atoms with Gasteiger partial charge in [-0.15, -0.1) is 0 Å². The number of nitrogens with one attached hydrogen (secondary N) is 3. The van der Waals surface area contributed by atoms with Gasteiger partial charge in [0.2, 0.25) is 11.8 Å². The van der Waals surface area contributed by atoms with Gasteiger partial charge in [0.15, 0.2) is 0 Å². The summed E-state index contributed by atoms with van der Waals surface area (Å²) < 4.78 is 0. The van der Waals surface area contributed by atoms with Gasteiger partial charge in [-0.1, -0.05) is 26.0 Å². The molecule has 0 aromatic carbocycles. The lowest BCUT2D eigenvalue weighted by molar-refractivity contribution is -0.123. The van der Waals surface area contributed by atoms with Crippen molar-refractivity contribution in [2.75, 3.05) is 24.7 Å². The Morgan fingerprint density at radius 3 is 2.56 bits per heavy atom. The zero-order chi connectivity index (χ0) is 25.7. The zero-order valence-corrected chi connectivity index (χ0v) is 21.8. The highest BCUT2D eigenvalue weighted by Crippen LogP contribution is 2.65. The lowest BCUT2D eigenvalue weighted by atomic mass is 9.48. The van der Waals surface area contributed by atoms with E-state index in [1.165, 1.54) is 11.3 Å². The Labute approximate surface area is 213 Å². The van der Waals surface area contributed by atoms with Gasteiger partial charge >= 0.3 is 6.03 Å². The van der Waals surface area contributed by atoms with Crippen molar-refractivity contribution in [1.82, 2.24) is 15.2 Å². The van der Waals surface area contributed by atoms with E-state index in [-0.39, 0.29) is 34.7 Å². The number of carbonyl (C=O) groups is 3. The molecule has 0 saturated heterocycles. The maximum Gasteiger partial charge on any atom is 0.322 e. The van der Waals surface area contributed by atoms with E-state index < -0.39 is 0 Å². The molecule has 2 heterocycles. The highest BCUT2D eigenvalue weighted by molar-refractivity contribution is 5.91. The SMILES string of the molecule is CN(C)C(=O)Nc1cccc(NC(=O)C[C@H]2CC[C@H]3[C@@H]4CC[C@H]5NC(=O)C=C[C@]5(C)[C@H]4CC[C@]23C)n1. The van der Waals surface area contributed by atoms with Crippen molar-refractivity contribution in [3.8, 4) is 0 Å². The Kier molecular flexibility index (Phi) is 6.33. The highest BCUT2D eigenvalue weighted by Gasteiger charge is 2.59. The average molecular weight is 494 g/mol. The molecule has 4 amide bonds. The molecule has 1 aromatic heterocycles. The molecule has 1 aromatic rings. The van der Waals surface area contributed by atoms with Crippen LogP contribution in [0.15, 0.2) is 30.4 Å². The Balaban J connectivity index is 1.24. The van der Waals surface area contributed by atoms with Gasteiger partial charge in [-0.2, -0.15) is 0 Å². The van der Waals surface area contributed by atoms with Crippen LogP contribution in [0.25, 0.3) is 0 Å². The van der Waals surface area contributed by atoms with Crippen LogP contribution in [0.4, 0.5) is 16.4 Å². The molecule has 194 valence electrons. The molecule has 0 radical (unpaired) electrons. The summed E-state index contributed by atoms with van der Waals surface area (Å²) in [7, 11) is 3.33. The van der Waals surface area contributed by atoms with Gasteiger partial charge in [0.05, 0.1) is 0 Å². The Morgan fingerprint density at radius 1 is 1.06 bits per heavy atom. The van der Waals surface area contributed by atoms with Crippen LogP contribution in [0.3, 0.4) is 0 Å². The number of pyridine rings is 1. The number of aromatic nitrogens is 1. The van der Waals surface area contributed by atoms with Crippen molar-refractivity contribution < 1.29 is 14.4 Å². The van der Waals surface area contributed by atoms with Gasteiger partial charge in [0, 0.05) is 32.0 Å². The molecule has 7 atom stereocenters. The highest BCUT2D eigenvalue weighted by atomic mass is 16.2. The number of amides is 4. The van der Waals surface area contributed by atoms with Gasteiger partial charge in [0.25, 0.3) is 0 Å². The van der Waals surface area contributed by atoms with Gasteiger partial charge in [-0.05, 0) is 85.8 Å². The topological polar surface area (TPSA) is 103 Å². The zero-order valence-electron chi connectivity index (χ0n) is 21.8. The molecule has 1 aliphatic heterocycles. The van der Waals surface area contributed by atoms with Crippen LogP contribution in [0.2, 0.25) is 0 Å². The number of carbonyl (C=O) groups excluding carboxylic acids is 3. The van der Waals surface area contributed by atoms with Gasteiger partial charge in [0.1, 0.15) is 11.6 Å². The molecule has 8 nitrogen and oxygen atoms in total. The van der Waals surface area contributed by atoms with E-state index in [0.29, 0.717) is 41.7 Å². The lowest BCUT2D eigenvalue weighted by Crippen LogP contribution is -2.59. The van der Waals surface area contributed by atoms with Gasteiger partial charge in [-0.3, -0.25) is 14.9 Å². The molecular weight excluding hydrogens is 454 g/mol. The second-order valence-electron chi connectivity index (χ2n) is 12.0. The first-order valence-electron chi connectivity index (χ1n) is 13.3. The standard InChI is InChI=1S/C28H39N5O3/c1-27-14-12-20-18(9-11-21-28(20,2)15-13-24(34)29-21)19(27)10-8-17(27)16-25(35)31-22-6-5-7-23(30-22)32-26(36)33(3)4/h5-7,13,15,17-21H,8-12,14,16H2,1-4H3,(H,29,34)(H2,30,31,32,35,36)/t17-,18+,19+,20+,21-,27-,28-/m1/s1. The van der Waals surface area contributed by atoms with E-state index in [0.717, 1.165) is 32.1 Å². The van der Waals surface area contributed by atoms with Crippen molar-refractivity contribution in [3.63, 3.8) is 0 Å².